The maximum absolute atomic E-state index is 3.49. The number of anilines is 1. The van der Waals surface area contributed by atoms with E-state index >= 15 is 0 Å². The van der Waals surface area contributed by atoms with Gasteiger partial charge in [-0.15, -0.1) is 0 Å². The fraction of sp³-hybridized carbons (Fsp3) is 0.455. The third-order valence-corrected chi connectivity index (χ3v) is 3.18. The van der Waals surface area contributed by atoms with Crippen molar-refractivity contribution in [1.82, 2.24) is 0 Å². The van der Waals surface area contributed by atoms with Crippen molar-refractivity contribution in [2.45, 2.75) is 13.3 Å². The first-order valence-corrected chi connectivity index (χ1v) is 6.97. The van der Waals surface area contributed by atoms with Gasteiger partial charge in [0.05, 0.1) is 0 Å². The zero-order valence-electron chi connectivity index (χ0n) is 8.64. The lowest BCUT2D eigenvalue weighted by Crippen LogP contribution is -2.05. The molecule has 1 N–H and O–H groups in total. The molecule has 0 amide bonds. The molecule has 1 aromatic carbocycles. The third kappa shape index (κ3) is 3.54. The molecule has 0 saturated heterocycles. The van der Waals surface area contributed by atoms with E-state index in [4.69, 9.17) is 0 Å². The van der Waals surface area contributed by atoms with Gasteiger partial charge in [-0.05, 0) is 36.4 Å². The van der Waals surface area contributed by atoms with Crippen molar-refractivity contribution in [3.05, 3.63) is 28.2 Å². The van der Waals surface area contributed by atoms with E-state index in [0.717, 1.165) is 23.2 Å². The number of halogens is 1. The van der Waals surface area contributed by atoms with Crippen LogP contribution < -0.4 is 5.32 Å². The Bertz CT molecular complexity index is 289. The third-order valence-electron chi connectivity index (χ3n) is 2.07. The van der Waals surface area contributed by atoms with Crippen LogP contribution in [0.2, 0.25) is 0 Å². The Morgan fingerprint density at radius 1 is 1.43 bits per heavy atom. The Kier molecular flexibility index (Phi) is 5.41. The van der Waals surface area contributed by atoms with Crippen molar-refractivity contribution >= 4 is 33.4 Å². The molecule has 0 bridgehead atoms. The largest absolute Gasteiger partial charge is 0.384 e. The van der Waals surface area contributed by atoms with Crippen molar-refractivity contribution in [3.63, 3.8) is 0 Å². The van der Waals surface area contributed by atoms with Gasteiger partial charge in [-0.3, -0.25) is 0 Å². The molecule has 3 heteroatoms. The molecule has 1 rings (SSSR count). The first-order valence-electron chi connectivity index (χ1n) is 4.79. The molecule has 78 valence electrons. The highest BCUT2D eigenvalue weighted by Crippen LogP contribution is 2.21. The van der Waals surface area contributed by atoms with Crippen molar-refractivity contribution < 1.29 is 0 Å². The molecule has 0 unspecified atom stereocenters. The van der Waals surface area contributed by atoms with Gasteiger partial charge in [-0.25, -0.2) is 0 Å². The van der Waals surface area contributed by atoms with Crippen LogP contribution in [0.5, 0.6) is 0 Å². The molecule has 0 aliphatic heterocycles. The molecule has 0 radical (unpaired) electrons. The molecule has 0 atom stereocenters. The van der Waals surface area contributed by atoms with Gasteiger partial charge in [-0.2, -0.15) is 11.8 Å². The predicted molar refractivity (Wildman–Crippen MR) is 70.4 cm³/mol. The lowest BCUT2D eigenvalue weighted by molar-refractivity contribution is 1.11. The van der Waals surface area contributed by atoms with E-state index in [9.17, 15) is 0 Å². The van der Waals surface area contributed by atoms with E-state index in [-0.39, 0.29) is 0 Å². The number of hydrogen-bond donors (Lipinski definition) is 1. The molecule has 0 spiro atoms. The van der Waals surface area contributed by atoms with Gasteiger partial charge in [0.1, 0.15) is 0 Å². The maximum Gasteiger partial charge on any atom is 0.0373 e. The van der Waals surface area contributed by atoms with Crippen LogP contribution in [0.15, 0.2) is 22.7 Å². The minimum absolute atomic E-state index is 1.04. The summed E-state index contributed by atoms with van der Waals surface area (Å²) in [7, 11) is 0. The van der Waals surface area contributed by atoms with E-state index in [1.165, 1.54) is 11.3 Å². The Hall–Kier alpha value is -0.150. The fourth-order valence-corrected chi connectivity index (χ4v) is 2.03. The molecule has 1 nitrogen and oxygen atoms in total. The van der Waals surface area contributed by atoms with Gasteiger partial charge in [0.15, 0.2) is 0 Å². The summed E-state index contributed by atoms with van der Waals surface area (Å²) < 4.78 is 1.16. The van der Waals surface area contributed by atoms with E-state index in [2.05, 4.69) is 52.6 Å². The second-order valence-corrected chi connectivity index (χ2v) is 4.98. The van der Waals surface area contributed by atoms with Crippen LogP contribution >= 0.6 is 27.7 Å². The number of benzene rings is 1. The van der Waals surface area contributed by atoms with Gasteiger partial charge in [0, 0.05) is 22.5 Å². The van der Waals surface area contributed by atoms with Crippen LogP contribution in [0.1, 0.15) is 12.5 Å². The summed E-state index contributed by atoms with van der Waals surface area (Å²) in [5.41, 5.74) is 2.64. The average Bonchev–Trinajstić information content (AvgIpc) is 2.20. The SMILES string of the molecule is CCc1cc(Br)ccc1NCCSC. The topological polar surface area (TPSA) is 12.0 Å². The summed E-state index contributed by atoms with van der Waals surface area (Å²) in [5.74, 6) is 1.15. The van der Waals surface area contributed by atoms with E-state index in [1.54, 1.807) is 0 Å². The summed E-state index contributed by atoms with van der Waals surface area (Å²) >= 11 is 5.35. The summed E-state index contributed by atoms with van der Waals surface area (Å²) in [4.78, 5) is 0. The highest BCUT2D eigenvalue weighted by atomic mass is 79.9. The minimum atomic E-state index is 1.04. The summed E-state index contributed by atoms with van der Waals surface area (Å²) in [6, 6.07) is 6.41. The standard InChI is InChI=1S/C11H16BrNS/c1-3-9-8-10(12)4-5-11(9)13-6-7-14-2/h4-5,8,13H,3,6-7H2,1-2H3. The maximum atomic E-state index is 3.49. The first-order chi connectivity index (χ1) is 6.77. The number of thioether (sulfide) groups is 1. The number of nitrogens with one attached hydrogen (secondary N) is 1. The zero-order chi connectivity index (χ0) is 10.4. The van der Waals surface area contributed by atoms with Crippen molar-refractivity contribution in [2.75, 3.05) is 23.9 Å². The quantitative estimate of drug-likeness (QED) is 0.820. The molecule has 0 heterocycles. The number of aryl methyl sites for hydroxylation is 1. The van der Waals surface area contributed by atoms with Crippen LogP contribution in [0.4, 0.5) is 5.69 Å². The summed E-state index contributed by atoms with van der Waals surface area (Å²) in [6.07, 6.45) is 3.20. The molecule has 0 aromatic heterocycles. The molecule has 14 heavy (non-hydrogen) atoms. The molecule has 0 saturated carbocycles. The normalized spacial score (nSPS) is 10.2. The average molecular weight is 274 g/mol. The van der Waals surface area contributed by atoms with Crippen LogP contribution in [-0.2, 0) is 6.42 Å². The lowest BCUT2D eigenvalue weighted by atomic mass is 10.1. The summed E-state index contributed by atoms with van der Waals surface area (Å²) in [6.45, 7) is 3.22. The fourth-order valence-electron chi connectivity index (χ4n) is 1.32. The molecule has 1 aromatic rings. The van der Waals surface area contributed by atoms with Crippen LogP contribution in [0.25, 0.3) is 0 Å². The molecule has 0 aliphatic rings. The van der Waals surface area contributed by atoms with Gasteiger partial charge in [0.25, 0.3) is 0 Å². The van der Waals surface area contributed by atoms with Gasteiger partial charge in [0.2, 0.25) is 0 Å². The lowest BCUT2D eigenvalue weighted by Gasteiger charge is -2.10. The highest BCUT2D eigenvalue weighted by Gasteiger charge is 2.00. The van der Waals surface area contributed by atoms with Crippen LogP contribution in [0, 0.1) is 0 Å². The second kappa shape index (κ2) is 6.36. The number of rotatable bonds is 5. The van der Waals surface area contributed by atoms with Crippen LogP contribution in [-0.4, -0.2) is 18.6 Å². The first kappa shape index (κ1) is 11.9. The van der Waals surface area contributed by atoms with Crippen molar-refractivity contribution in [3.8, 4) is 0 Å². The summed E-state index contributed by atoms with van der Waals surface area (Å²) in [5, 5.41) is 3.45. The molecule has 0 aliphatic carbocycles. The smallest absolute Gasteiger partial charge is 0.0373 e. The van der Waals surface area contributed by atoms with Crippen molar-refractivity contribution in [2.24, 2.45) is 0 Å². The predicted octanol–water partition coefficient (Wildman–Crippen LogP) is 3.79. The van der Waals surface area contributed by atoms with Gasteiger partial charge >= 0.3 is 0 Å². The van der Waals surface area contributed by atoms with Crippen LogP contribution in [0.3, 0.4) is 0 Å². The van der Waals surface area contributed by atoms with E-state index in [0.29, 0.717) is 0 Å². The zero-order valence-corrected chi connectivity index (χ0v) is 11.0. The Labute approximate surface area is 98.8 Å². The highest BCUT2D eigenvalue weighted by molar-refractivity contribution is 9.10. The van der Waals surface area contributed by atoms with Gasteiger partial charge < -0.3 is 5.32 Å². The monoisotopic (exact) mass is 273 g/mol. The van der Waals surface area contributed by atoms with Gasteiger partial charge in [-0.1, -0.05) is 22.9 Å². The molecular weight excluding hydrogens is 258 g/mol. The minimum Gasteiger partial charge on any atom is -0.384 e. The molecule has 0 fully saturated rings. The Morgan fingerprint density at radius 3 is 2.86 bits per heavy atom. The van der Waals surface area contributed by atoms with Crippen molar-refractivity contribution in [1.29, 1.82) is 0 Å². The van der Waals surface area contributed by atoms with E-state index < -0.39 is 0 Å². The second-order valence-electron chi connectivity index (χ2n) is 3.07. The molecular formula is C11H16BrNS. The van der Waals surface area contributed by atoms with E-state index in [1.807, 2.05) is 11.8 Å². The number of hydrogen-bond acceptors (Lipinski definition) is 2. The Morgan fingerprint density at radius 2 is 2.21 bits per heavy atom. The Balaban J connectivity index is 2.65.